The van der Waals surface area contributed by atoms with Crippen LogP contribution in [-0.2, 0) is 4.79 Å². The lowest BCUT2D eigenvalue weighted by Gasteiger charge is -2.14. The molecule has 1 aromatic rings. The molecule has 0 radical (unpaired) electrons. The van der Waals surface area contributed by atoms with Gasteiger partial charge in [-0.25, -0.2) is 0 Å². The molecule has 0 saturated heterocycles. The Bertz CT molecular complexity index is 387. The van der Waals surface area contributed by atoms with Crippen LogP contribution in [0.1, 0.15) is 44.7 Å². The molecule has 0 saturated carbocycles. The van der Waals surface area contributed by atoms with Crippen LogP contribution in [0.5, 0.6) is 0 Å². The molecule has 1 atom stereocenters. The average Bonchev–Trinajstić information content (AvgIpc) is 2.36. The molecule has 0 aliphatic rings. The van der Waals surface area contributed by atoms with Crippen molar-refractivity contribution in [2.24, 2.45) is 11.7 Å². The normalized spacial score (nSPS) is 12.2. The average molecular weight is 263 g/mol. The zero-order chi connectivity index (χ0) is 14.1. The number of nitrogens with two attached hydrogens (primary N) is 1. The molecule has 4 heteroatoms. The molecule has 1 unspecified atom stereocenters. The quantitative estimate of drug-likeness (QED) is 0.757. The Morgan fingerprint density at radius 2 is 2.21 bits per heavy atom. The second kappa shape index (κ2) is 8.64. The molecular weight excluding hydrogens is 238 g/mol. The fourth-order valence-electron chi connectivity index (χ4n) is 2.26. The minimum atomic E-state index is 0.0729. The topological polar surface area (TPSA) is 68.0 Å². The van der Waals surface area contributed by atoms with Crippen LogP contribution in [0.2, 0.25) is 0 Å². The lowest BCUT2D eigenvalue weighted by atomic mass is 9.94. The van der Waals surface area contributed by atoms with Gasteiger partial charge in [-0.2, -0.15) is 0 Å². The predicted molar refractivity (Wildman–Crippen MR) is 78.9 cm³/mol. The molecule has 0 spiro atoms. The number of nitrogens with zero attached hydrogens (tertiary/aromatic N) is 1. The maximum absolute atomic E-state index is 11.9. The molecule has 1 heterocycles. The van der Waals surface area contributed by atoms with Crippen LogP contribution in [0.15, 0.2) is 18.3 Å². The van der Waals surface area contributed by atoms with E-state index >= 15 is 0 Å². The molecule has 1 aromatic heterocycles. The standard InChI is InChI=1S/C15H25N3O/c1-3-4-13(7-9-16)5-6-15(19)18-14-8-10-17-12(2)11-14/h8,10-11,13H,3-7,9,16H2,1-2H3,(H,17,18,19). The fraction of sp³-hybridized carbons (Fsp3) is 0.600. The summed E-state index contributed by atoms with van der Waals surface area (Å²) in [6, 6.07) is 3.69. The SMILES string of the molecule is CCCC(CCN)CCC(=O)Nc1ccnc(C)c1. The van der Waals surface area contributed by atoms with E-state index < -0.39 is 0 Å². The number of aryl methyl sites for hydroxylation is 1. The van der Waals surface area contributed by atoms with Crippen molar-refractivity contribution < 1.29 is 4.79 Å². The van der Waals surface area contributed by atoms with E-state index in [4.69, 9.17) is 5.73 Å². The van der Waals surface area contributed by atoms with E-state index in [1.54, 1.807) is 6.20 Å². The van der Waals surface area contributed by atoms with Crippen LogP contribution in [0.3, 0.4) is 0 Å². The largest absolute Gasteiger partial charge is 0.330 e. The van der Waals surface area contributed by atoms with E-state index in [2.05, 4.69) is 17.2 Å². The molecule has 106 valence electrons. The first kappa shape index (κ1) is 15.6. The van der Waals surface area contributed by atoms with Gasteiger partial charge in [0.15, 0.2) is 0 Å². The van der Waals surface area contributed by atoms with Crippen LogP contribution in [0.25, 0.3) is 0 Å². The third kappa shape index (κ3) is 6.34. The molecule has 4 nitrogen and oxygen atoms in total. The van der Waals surface area contributed by atoms with E-state index in [0.717, 1.165) is 37.1 Å². The lowest BCUT2D eigenvalue weighted by molar-refractivity contribution is -0.116. The highest BCUT2D eigenvalue weighted by Gasteiger charge is 2.10. The third-order valence-corrected chi connectivity index (χ3v) is 3.23. The highest BCUT2D eigenvalue weighted by molar-refractivity contribution is 5.90. The number of rotatable bonds is 8. The monoisotopic (exact) mass is 263 g/mol. The Balaban J connectivity index is 2.38. The van der Waals surface area contributed by atoms with Crippen molar-refractivity contribution in [1.82, 2.24) is 4.98 Å². The van der Waals surface area contributed by atoms with Gasteiger partial charge in [0.05, 0.1) is 0 Å². The molecule has 0 aliphatic heterocycles. The highest BCUT2D eigenvalue weighted by atomic mass is 16.1. The van der Waals surface area contributed by atoms with Crippen LogP contribution in [0.4, 0.5) is 5.69 Å². The molecule has 0 aliphatic carbocycles. The van der Waals surface area contributed by atoms with Crippen LogP contribution in [-0.4, -0.2) is 17.4 Å². The summed E-state index contributed by atoms with van der Waals surface area (Å²) in [4.78, 5) is 16.0. The van der Waals surface area contributed by atoms with E-state index in [9.17, 15) is 4.79 Å². The Morgan fingerprint density at radius 3 is 2.84 bits per heavy atom. The first-order valence-corrected chi connectivity index (χ1v) is 7.08. The third-order valence-electron chi connectivity index (χ3n) is 3.23. The number of carbonyl (C=O) groups is 1. The summed E-state index contributed by atoms with van der Waals surface area (Å²) in [7, 11) is 0. The second-order valence-corrected chi connectivity index (χ2v) is 5.00. The Hall–Kier alpha value is -1.42. The zero-order valence-corrected chi connectivity index (χ0v) is 12.0. The van der Waals surface area contributed by atoms with Crippen molar-refractivity contribution in [3.05, 3.63) is 24.0 Å². The van der Waals surface area contributed by atoms with Crippen molar-refractivity contribution in [2.75, 3.05) is 11.9 Å². The van der Waals surface area contributed by atoms with E-state index in [0.29, 0.717) is 18.9 Å². The van der Waals surface area contributed by atoms with Gasteiger partial charge >= 0.3 is 0 Å². The van der Waals surface area contributed by atoms with Gasteiger partial charge in [-0.15, -0.1) is 0 Å². The van der Waals surface area contributed by atoms with Gasteiger partial charge < -0.3 is 11.1 Å². The minimum Gasteiger partial charge on any atom is -0.330 e. The van der Waals surface area contributed by atoms with Crippen molar-refractivity contribution in [3.8, 4) is 0 Å². The van der Waals surface area contributed by atoms with Gasteiger partial charge in [-0.05, 0) is 44.4 Å². The Morgan fingerprint density at radius 1 is 1.42 bits per heavy atom. The number of anilines is 1. The van der Waals surface area contributed by atoms with Crippen molar-refractivity contribution in [3.63, 3.8) is 0 Å². The summed E-state index contributed by atoms with van der Waals surface area (Å²) in [6.07, 6.45) is 6.50. The Kier molecular flexibility index (Phi) is 7.11. The summed E-state index contributed by atoms with van der Waals surface area (Å²) >= 11 is 0. The summed E-state index contributed by atoms with van der Waals surface area (Å²) in [5.74, 6) is 0.642. The summed E-state index contributed by atoms with van der Waals surface area (Å²) in [5.41, 5.74) is 7.33. The first-order valence-electron chi connectivity index (χ1n) is 7.08. The molecule has 0 aromatic carbocycles. The van der Waals surface area contributed by atoms with E-state index in [1.807, 2.05) is 19.1 Å². The van der Waals surface area contributed by atoms with Gasteiger partial charge in [-0.1, -0.05) is 19.8 Å². The second-order valence-electron chi connectivity index (χ2n) is 5.00. The van der Waals surface area contributed by atoms with Crippen LogP contribution >= 0.6 is 0 Å². The van der Waals surface area contributed by atoms with Gasteiger partial charge in [0, 0.05) is 24.0 Å². The maximum atomic E-state index is 11.9. The van der Waals surface area contributed by atoms with Crippen molar-refractivity contribution in [1.29, 1.82) is 0 Å². The predicted octanol–water partition coefficient (Wildman–Crippen LogP) is 2.87. The number of hydrogen-bond acceptors (Lipinski definition) is 3. The summed E-state index contributed by atoms with van der Waals surface area (Å²) in [5, 5.41) is 2.91. The van der Waals surface area contributed by atoms with Crippen molar-refractivity contribution >= 4 is 11.6 Å². The minimum absolute atomic E-state index is 0.0729. The first-order chi connectivity index (χ1) is 9.15. The number of carbonyl (C=O) groups excluding carboxylic acids is 1. The number of nitrogens with one attached hydrogen (secondary N) is 1. The van der Waals surface area contributed by atoms with Gasteiger partial charge in [0.25, 0.3) is 0 Å². The summed E-state index contributed by atoms with van der Waals surface area (Å²) < 4.78 is 0. The van der Waals surface area contributed by atoms with E-state index in [1.165, 1.54) is 0 Å². The summed E-state index contributed by atoms with van der Waals surface area (Å²) in [6.45, 7) is 4.79. The maximum Gasteiger partial charge on any atom is 0.224 e. The van der Waals surface area contributed by atoms with Crippen molar-refractivity contribution in [2.45, 2.75) is 46.0 Å². The molecular formula is C15H25N3O. The molecule has 0 fully saturated rings. The molecule has 19 heavy (non-hydrogen) atoms. The number of hydrogen-bond donors (Lipinski definition) is 2. The molecule has 0 bridgehead atoms. The Labute approximate surface area is 115 Å². The lowest BCUT2D eigenvalue weighted by Crippen LogP contribution is -2.15. The van der Waals surface area contributed by atoms with Crippen LogP contribution in [0, 0.1) is 12.8 Å². The molecule has 3 N–H and O–H groups in total. The van der Waals surface area contributed by atoms with Crippen LogP contribution < -0.4 is 11.1 Å². The number of pyridine rings is 1. The van der Waals surface area contributed by atoms with E-state index in [-0.39, 0.29) is 5.91 Å². The highest BCUT2D eigenvalue weighted by Crippen LogP contribution is 2.17. The molecule has 1 rings (SSSR count). The smallest absolute Gasteiger partial charge is 0.224 e. The number of amides is 1. The number of aromatic nitrogens is 1. The fourth-order valence-corrected chi connectivity index (χ4v) is 2.26. The van der Waals surface area contributed by atoms with Gasteiger partial charge in [-0.3, -0.25) is 9.78 Å². The van der Waals surface area contributed by atoms with Gasteiger partial charge in [0.2, 0.25) is 5.91 Å². The van der Waals surface area contributed by atoms with Gasteiger partial charge in [0.1, 0.15) is 0 Å². The zero-order valence-electron chi connectivity index (χ0n) is 12.0. The molecule has 1 amide bonds.